The third-order valence-corrected chi connectivity index (χ3v) is 3.16. The fourth-order valence-electron chi connectivity index (χ4n) is 2.15. The molecular weight excluding hydrogens is 178 g/mol. The van der Waals surface area contributed by atoms with E-state index in [0.717, 1.165) is 5.57 Å². The van der Waals surface area contributed by atoms with E-state index in [4.69, 9.17) is 0 Å². The molecule has 0 aromatic carbocycles. The molecule has 3 nitrogen and oxygen atoms in total. The molecule has 2 aliphatic rings. The van der Waals surface area contributed by atoms with Crippen molar-refractivity contribution in [3.05, 3.63) is 23.8 Å². The maximum absolute atomic E-state index is 11.6. The van der Waals surface area contributed by atoms with Gasteiger partial charge in [0.15, 0.2) is 0 Å². The van der Waals surface area contributed by atoms with Crippen LogP contribution >= 0.6 is 0 Å². The predicted molar refractivity (Wildman–Crippen MR) is 52.3 cm³/mol. The molecule has 0 aromatic heterocycles. The van der Waals surface area contributed by atoms with Gasteiger partial charge in [-0.1, -0.05) is 23.8 Å². The second kappa shape index (κ2) is 2.80. The number of carbonyl (C=O) groups excluding carboxylic acids is 2. The van der Waals surface area contributed by atoms with E-state index in [1.807, 2.05) is 32.1 Å². The minimum atomic E-state index is -0.489. The van der Waals surface area contributed by atoms with E-state index in [1.54, 1.807) is 0 Å². The van der Waals surface area contributed by atoms with Crippen LogP contribution < -0.4 is 5.32 Å². The van der Waals surface area contributed by atoms with Gasteiger partial charge in [-0.25, -0.2) is 0 Å². The lowest BCUT2D eigenvalue weighted by Gasteiger charge is -2.08. The molecule has 74 valence electrons. The monoisotopic (exact) mass is 191 g/mol. The van der Waals surface area contributed by atoms with Crippen molar-refractivity contribution in [2.75, 3.05) is 0 Å². The van der Waals surface area contributed by atoms with Crippen molar-refractivity contribution in [2.45, 2.75) is 20.3 Å². The number of allylic oxidation sites excluding steroid dienone is 3. The molecule has 0 radical (unpaired) electrons. The summed E-state index contributed by atoms with van der Waals surface area (Å²) < 4.78 is 0. The number of amides is 2. The summed E-state index contributed by atoms with van der Waals surface area (Å²) in [6.07, 6.45) is 6.41. The highest BCUT2D eigenvalue weighted by molar-refractivity contribution is 6.13. The van der Waals surface area contributed by atoms with Gasteiger partial charge < -0.3 is 0 Å². The number of rotatable bonds is 2. The molecule has 2 rings (SSSR count). The van der Waals surface area contributed by atoms with Gasteiger partial charge in [-0.05, 0) is 20.3 Å². The van der Waals surface area contributed by atoms with Gasteiger partial charge in [0.1, 0.15) is 0 Å². The molecule has 14 heavy (non-hydrogen) atoms. The SMILES string of the molecule is C/C=C\C=C(/C)C12CC1C(=O)NC2=O. The molecule has 3 heteroatoms. The van der Waals surface area contributed by atoms with Crippen molar-refractivity contribution < 1.29 is 9.59 Å². The molecule has 1 saturated carbocycles. The first-order valence-corrected chi connectivity index (χ1v) is 4.78. The van der Waals surface area contributed by atoms with Crippen LogP contribution in [-0.2, 0) is 9.59 Å². The van der Waals surface area contributed by atoms with E-state index in [9.17, 15) is 9.59 Å². The summed E-state index contributed by atoms with van der Waals surface area (Å²) in [6.45, 7) is 3.84. The molecule has 1 aliphatic heterocycles. The lowest BCUT2D eigenvalue weighted by atomic mass is 9.95. The van der Waals surface area contributed by atoms with Crippen LogP contribution in [0.4, 0.5) is 0 Å². The van der Waals surface area contributed by atoms with Crippen LogP contribution in [0.3, 0.4) is 0 Å². The van der Waals surface area contributed by atoms with Crippen molar-refractivity contribution in [2.24, 2.45) is 11.3 Å². The zero-order valence-corrected chi connectivity index (χ0v) is 8.33. The van der Waals surface area contributed by atoms with E-state index in [0.29, 0.717) is 6.42 Å². The number of nitrogens with one attached hydrogen (secondary N) is 1. The average Bonchev–Trinajstić information content (AvgIpc) is 2.85. The summed E-state index contributed by atoms with van der Waals surface area (Å²) in [5, 5.41) is 2.37. The molecule has 2 unspecified atom stereocenters. The Morgan fingerprint density at radius 2 is 2.29 bits per heavy atom. The normalized spacial score (nSPS) is 36.1. The zero-order chi connectivity index (χ0) is 10.3. The summed E-state index contributed by atoms with van der Waals surface area (Å²) in [6, 6.07) is 0. The molecule has 0 aromatic rings. The number of carbonyl (C=O) groups is 2. The van der Waals surface area contributed by atoms with E-state index in [1.165, 1.54) is 0 Å². The van der Waals surface area contributed by atoms with E-state index in [-0.39, 0.29) is 17.7 Å². The number of piperidine rings is 1. The van der Waals surface area contributed by atoms with Crippen LogP contribution in [0.25, 0.3) is 0 Å². The fourth-order valence-corrected chi connectivity index (χ4v) is 2.15. The Morgan fingerprint density at radius 1 is 1.57 bits per heavy atom. The van der Waals surface area contributed by atoms with Crippen LogP contribution in [0.5, 0.6) is 0 Å². The first kappa shape index (κ1) is 9.19. The minimum Gasteiger partial charge on any atom is -0.295 e. The minimum absolute atomic E-state index is 0.100. The van der Waals surface area contributed by atoms with Gasteiger partial charge in [-0.15, -0.1) is 0 Å². The Morgan fingerprint density at radius 3 is 2.71 bits per heavy atom. The van der Waals surface area contributed by atoms with Crippen molar-refractivity contribution in [1.82, 2.24) is 5.32 Å². The lowest BCUT2D eigenvalue weighted by molar-refractivity contribution is -0.128. The van der Waals surface area contributed by atoms with Gasteiger partial charge in [0, 0.05) is 0 Å². The quantitative estimate of drug-likeness (QED) is 0.526. The molecule has 2 amide bonds. The van der Waals surface area contributed by atoms with Crippen LogP contribution in [0.15, 0.2) is 23.8 Å². The smallest absolute Gasteiger partial charge is 0.237 e. The summed E-state index contributed by atoms with van der Waals surface area (Å²) in [5.74, 6) is -0.328. The van der Waals surface area contributed by atoms with Gasteiger partial charge in [0.2, 0.25) is 11.8 Å². The third-order valence-electron chi connectivity index (χ3n) is 3.16. The average molecular weight is 191 g/mol. The third kappa shape index (κ3) is 0.983. The predicted octanol–water partition coefficient (Wildman–Crippen LogP) is 1.17. The Hall–Kier alpha value is -1.38. The standard InChI is InChI=1S/C11H13NO2/c1-3-4-5-7(2)11-6-8(11)9(13)12-10(11)14/h3-5,8H,6H2,1-2H3,(H,12,13,14)/b4-3-,7-5+. The number of imide groups is 1. The summed E-state index contributed by atoms with van der Waals surface area (Å²) in [7, 11) is 0. The first-order chi connectivity index (χ1) is 6.63. The molecular formula is C11H13NO2. The molecule has 1 heterocycles. The van der Waals surface area contributed by atoms with Crippen molar-refractivity contribution in [3.63, 3.8) is 0 Å². The van der Waals surface area contributed by atoms with Gasteiger partial charge >= 0.3 is 0 Å². The highest BCUT2D eigenvalue weighted by Crippen LogP contribution is 2.60. The molecule has 2 atom stereocenters. The first-order valence-electron chi connectivity index (χ1n) is 4.78. The molecule has 0 spiro atoms. The van der Waals surface area contributed by atoms with Crippen LogP contribution in [0, 0.1) is 11.3 Å². The van der Waals surface area contributed by atoms with Crippen molar-refractivity contribution in [3.8, 4) is 0 Å². The van der Waals surface area contributed by atoms with Gasteiger partial charge in [0.05, 0.1) is 11.3 Å². The molecule has 1 saturated heterocycles. The largest absolute Gasteiger partial charge is 0.295 e. The van der Waals surface area contributed by atoms with E-state index >= 15 is 0 Å². The van der Waals surface area contributed by atoms with Crippen LogP contribution in [-0.4, -0.2) is 11.8 Å². The lowest BCUT2D eigenvalue weighted by Crippen LogP contribution is -2.28. The van der Waals surface area contributed by atoms with E-state index < -0.39 is 5.41 Å². The fraction of sp³-hybridized carbons (Fsp3) is 0.455. The second-order valence-electron chi connectivity index (χ2n) is 3.92. The molecule has 1 aliphatic carbocycles. The summed E-state index contributed by atoms with van der Waals surface area (Å²) >= 11 is 0. The maximum atomic E-state index is 11.6. The number of hydrogen-bond donors (Lipinski definition) is 1. The number of hydrogen-bond acceptors (Lipinski definition) is 2. The topological polar surface area (TPSA) is 46.2 Å². The van der Waals surface area contributed by atoms with Gasteiger partial charge in [-0.3, -0.25) is 14.9 Å². The Bertz CT molecular complexity index is 367. The highest BCUT2D eigenvalue weighted by Gasteiger charge is 2.69. The van der Waals surface area contributed by atoms with E-state index in [2.05, 4.69) is 5.32 Å². The van der Waals surface area contributed by atoms with Gasteiger partial charge in [-0.2, -0.15) is 0 Å². The molecule has 2 fully saturated rings. The summed E-state index contributed by atoms with van der Waals surface area (Å²) in [5.41, 5.74) is 0.500. The Labute approximate surface area is 82.9 Å². The Kier molecular flexibility index (Phi) is 1.84. The summed E-state index contributed by atoms with van der Waals surface area (Å²) in [4.78, 5) is 22.8. The Balaban J connectivity index is 2.28. The molecule has 0 bridgehead atoms. The number of fused-ring (bicyclic) bond motifs is 1. The second-order valence-corrected chi connectivity index (χ2v) is 3.92. The highest BCUT2D eigenvalue weighted by atomic mass is 16.2. The van der Waals surface area contributed by atoms with Crippen LogP contribution in [0.2, 0.25) is 0 Å². The maximum Gasteiger partial charge on any atom is 0.237 e. The van der Waals surface area contributed by atoms with Crippen molar-refractivity contribution in [1.29, 1.82) is 0 Å². The van der Waals surface area contributed by atoms with Crippen LogP contribution in [0.1, 0.15) is 20.3 Å². The molecule has 1 N–H and O–H groups in total. The van der Waals surface area contributed by atoms with Crippen molar-refractivity contribution >= 4 is 11.8 Å². The zero-order valence-electron chi connectivity index (χ0n) is 8.33. The van der Waals surface area contributed by atoms with Gasteiger partial charge in [0.25, 0.3) is 0 Å².